The van der Waals surface area contributed by atoms with Gasteiger partial charge in [0.1, 0.15) is 6.33 Å². The van der Waals surface area contributed by atoms with Gasteiger partial charge in [0.05, 0.1) is 0 Å². The second kappa shape index (κ2) is 2.20. The summed E-state index contributed by atoms with van der Waals surface area (Å²) in [6.45, 7) is 1.90. The van der Waals surface area contributed by atoms with E-state index in [1.807, 2.05) is 13.0 Å². The molecule has 0 atom stereocenters. The van der Waals surface area contributed by atoms with E-state index in [0.717, 1.165) is 0 Å². The fourth-order valence-corrected chi connectivity index (χ4v) is 0.389. The highest BCUT2D eigenvalue weighted by Gasteiger charge is 1.78. The van der Waals surface area contributed by atoms with E-state index < -0.39 is 0 Å². The quantitative estimate of drug-likeness (QED) is 0.517. The highest BCUT2D eigenvalue weighted by atomic mass is 15.5. The van der Waals surface area contributed by atoms with Gasteiger partial charge < -0.3 is 0 Å². The van der Waals surface area contributed by atoms with Gasteiger partial charge in [0.2, 0.25) is 0 Å². The van der Waals surface area contributed by atoms with Crippen LogP contribution in [0, 0.1) is 0 Å². The van der Waals surface area contributed by atoms with E-state index in [1.54, 1.807) is 6.20 Å². The van der Waals surface area contributed by atoms with Crippen molar-refractivity contribution in [1.82, 2.24) is 20.2 Å². The Morgan fingerprint density at radius 2 is 2.50 bits per heavy atom. The van der Waals surface area contributed by atoms with Gasteiger partial charge in [-0.1, -0.05) is 6.08 Å². The summed E-state index contributed by atoms with van der Waals surface area (Å²) in [5, 5.41) is 10.4. The third-order valence-electron chi connectivity index (χ3n) is 0.667. The van der Waals surface area contributed by atoms with Crippen molar-refractivity contribution in [3.05, 3.63) is 12.4 Å². The Balaban J connectivity index is 2.77. The van der Waals surface area contributed by atoms with Crippen LogP contribution in [0.3, 0.4) is 0 Å². The van der Waals surface area contributed by atoms with Gasteiger partial charge in [0.15, 0.2) is 0 Å². The molecule has 0 aliphatic carbocycles. The molecule has 0 fully saturated rings. The van der Waals surface area contributed by atoms with E-state index in [4.69, 9.17) is 0 Å². The molecule has 0 aliphatic rings. The maximum absolute atomic E-state index is 3.57. The van der Waals surface area contributed by atoms with Crippen LogP contribution in [0.4, 0.5) is 0 Å². The highest BCUT2D eigenvalue weighted by Crippen LogP contribution is 1.76. The Morgan fingerprint density at radius 1 is 1.62 bits per heavy atom. The molecule has 42 valence electrons. The number of hydrogen-bond donors (Lipinski definition) is 0. The van der Waals surface area contributed by atoms with Crippen LogP contribution in [-0.2, 0) is 0 Å². The molecule has 4 heteroatoms. The number of allylic oxidation sites excluding steroid dienone is 1. The second-order valence-corrected chi connectivity index (χ2v) is 1.27. The van der Waals surface area contributed by atoms with Gasteiger partial charge in [0, 0.05) is 6.20 Å². The lowest BCUT2D eigenvalue weighted by Gasteiger charge is -1.78. The van der Waals surface area contributed by atoms with Crippen LogP contribution in [0.5, 0.6) is 0 Å². The van der Waals surface area contributed by atoms with Crippen molar-refractivity contribution in [2.45, 2.75) is 6.92 Å². The third-order valence-corrected chi connectivity index (χ3v) is 0.667. The van der Waals surface area contributed by atoms with E-state index in [9.17, 15) is 0 Å². The van der Waals surface area contributed by atoms with Gasteiger partial charge in [-0.3, -0.25) is 0 Å². The van der Waals surface area contributed by atoms with Gasteiger partial charge >= 0.3 is 0 Å². The molecule has 0 radical (unpaired) electrons. The molecule has 0 spiro atoms. The Morgan fingerprint density at radius 3 is 3.00 bits per heavy atom. The predicted molar refractivity (Wildman–Crippen MR) is 28.8 cm³/mol. The molecule has 0 aliphatic heterocycles. The third kappa shape index (κ3) is 0.900. The van der Waals surface area contributed by atoms with Crippen molar-refractivity contribution in [2.24, 2.45) is 0 Å². The van der Waals surface area contributed by atoms with Crippen molar-refractivity contribution in [2.75, 3.05) is 0 Å². The molecule has 4 nitrogen and oxygen atoms in total. The fraction of sp³-hybridized carbons (Fsp3) is 0.250. The standard InChI is InChI=1S/C4H6N4/c1-2-3-8-4-5-6-7-8/h2-4H,1H3/b3-2-. The lowest BCUT2D eigenvalue weighted by Crippen LogP contribution is -1.84. The molecule has 0 amide bonds. The number of hydrogen-bond acceptors (Lipinski definition) is 3. The Hall–Kier alpha value is -1.19. The monoisotopic (exact) mass is 110 g/mol. The average molecular weight is 110 g/mol. The van der Waals surface area contributed by atoms with Gasteiger partial charge in [-0.25, -0.2) is 4.68 Å². The number of nitrogens with zero attached hydrogens (tertiary/aromatic N) is 4. The number of tetrazole rings is 1. The van der Waals surface area contributed by atoms with Crippen molar-refractivity contribution >= 4 is 6.20 Å². The molecular formula is C4H6N4. The lowest BCUT2D eigenvalue weighted by atomic mass is 10.7. The zero-order valence-electron chi connectivity index (χ0n) is 4.52. The summed E-state index contributed by atoms with van der Waals surface area (Å²) < 4.78 is 1.53. The minimum absolute atomic E-state index is 1.53. The Labute approximate surface area is 46.8 Å². The molecule has 0 N–H and O–H groups in total. The zero-order chi connectivity index (χ0) is 5.82. The molecule has 1 rings (SSSR count). The van der Waals surface area contributed by atoms with Crippen LogP contribution in [-0.4, -0.2) is 20.2 Å². The molecule has 0 aromatic carbocycles. The van der Waals surface area contributed by atoms with Gasteiger partial charge in [-0.2, -0.15) is 0 Å². The summed E-state index contributed by atoms with van der Waals surface area (Å²) in [4.78, 5) is 0. The van der Waals surface area contributed by atoms with Crippen LogP contribution in [0.1, 0.15) is 6.92 Å². The van der Waals surface area contributed by atoms with E-state index in [0.29, 0.717) is 0 Å². The van der Waals surface area contributed by atoms with Crippen LogP contribution in [0.2, 0.25) is 0 Å². The average Bonchev–Trinajstić information content (AvgIpc) is 2.19. The predicted octanol–water partition coefficient (Wildman–Crippen LogP) is 0.164. The van der Waals surface area contributed by atoms with Gasteiger partial charge in [-0.05, 0) is 17.4 Å². The van der Waals surface area contributed by atoms with E-state index >= 15 is 0 Å². The SMILES string of the molecule is C/C=C\n1cnnn1. The van der Waals surface area contributed by atoms with Crippen molar-refractivity contribution in [1.29, 1.82) is 0 Å². The molecule has 0 bridgehead atoms. The smallest absolute Gasteiger partial charge is 0.143 e. The molecule has 0 saturated heterocycles. The maximum Gasteiger partial charge on any atom is 0.143 e. The van der Waals surface area contributed by atoms with Crippen molar-refractivity contribution in [3.8, 4) is 0 Å². The highest BCUT2D eigenvalue weighted by molar-refractivity contribution is 5.15. The van der Waals surface area contributed by atoms with Gasteiger partial charge in [0.25, 0.3) is 0 Å². The van der Waals surface area contributed by atoms with Crippen molar-refractivity contribution < 1.29 is 0 Å². The first kappa shape index (κ1) is 4.96. The molecule has 0 saturated carbocycles. The summed E-state index contributed by atoms with van der Waals surface area (Å²) in [5.74, 6) is 0. The summed E-state index contributed by atoms with van der Waals surface area (Å²) in [7, 11) is 0. The lowest BCUT2D eigenvalue weighted by molar-refractivity contribution is 0.818. The molecular weight excluding hydrogens is 104 g/mol. The fourth-order valence-electron chi connectivity index (χ4n) is 0.389. The Bertz CT molecular complexity index is 164. The van der Waals surface area contributed by atoms with Crippen molar-refractivity contribution in [3.63, 3.8) is 0 Å². The van der Waals surface area contributed by atoms with Gasteiger partial charge in [-0.15, -0.1) is 5.10 Å². The largest absolute Gasteiger partial charge is 0.208 e. The summed E-state index contributed by atoms with van der Waals surface area (Å²) in [6.07, 6.45) is 5.15. The molecule has 0 unspecified atom stereocenters. The van der Waals surface area contributed by atoms with E-state index in [1.165, 1.54) is 11.0 Å². The van der Waals surface area contributed by atoms with E-state index in [2.05, 4.69) is 15.5 Å². The minimum atomic E-state index is 1.53. The molecule has 1 aromatic rings. The molecule has 8 heavy (non-hydrogen) atoms. The molecule has 1 aromatic heterocycles. The minimum Gasteiger partial charge on any atom is -0.208 e. The van der Waals surface area contributed by atoms with Crippen LogP contribution in [0.15, 0.2) is 12.4 Å². The number of aromatic nitrogens is 4. The summed E-state index contributed by atoms with van der Waals surface area (Å²) >= 11 is 0. The maximum atomic E-state index is 3.57. The first-order valence-corrected chi connectivity index (χ1v) is 2.29. The second-order valence-electron chi connectivity index (χ2n) is 1.27. The van der Waals surface area contributed by atoms with Crippen LogP contribution in [0.25, 0.3) is 6.20 Å². The first-order valence-electron chi connectivity index (χ1n) is 2.29. The summed E-state index contributed by atoms with van der Waals surface area (Å²) in [6, 6.07) is 0. The van der Waals surface area contributed by atoms with Crippen LogP contribution >= 0.6 is 0 Å². The normalized spacial score (nSPS) is 10.6. The molecule has 1 heterocycles. The summed E-state index contributed by atoms with van der Waals surface area (Å²) in [5.41, 5.74) is 0. The Kier molecular flexibility index (Phi) is 1.37. The van der Waals surface area contributed by atoms with E-state index in [-0.39, 0.29) is 0 Å². The van der Waals surface area contributed by atoms with Crippen LogP contribution < -0.4 is 0 Å². The number of rotatable bonds is 1. The zero-order valence-corrected chi connectivity index (χ0v) is 4.52. The topological polar surface area (TPSA) is 43.6 Å². The first-order chi connectivity index (χ1) is 3.93.